The van der Waals surface area contributed by atoms with Crippen LogP contribution >= 0.6 is 11.6 Å². The average Bonchev–Trinajstić information content (AvgIpc) is 2.48. The number of hydrogen-bond acceptors (Lipinski definition) is 3. The zero-order valence-corrected chi connectivity index (χ0v) is 5.31. The summed E-state index contributed by atoms with van der Waals surface area (Å²) in [5.41, 5.74) is -1.76. The maximum atomic E-state index is 10.1. The lowest BCUT2D eigenvalue weighted by Gasteiger charge is -2.01. The number of rotatable bonds is 1. The molecular formula is C5H4ClNO2. The summed E-state index contributed by atoms with van der Waals surface area (Å²) in [6, 6.07) is 1.86. The van der Waals surface area contributed by atoms with Crippen LogP contribution in [0.1, 0.15) is 12.8 Å². The predicted octanol–water partition coefficient (Wildman–Crippen LogP) is 1.42. The summed E-state index contributed by atoms with van der Waals surface area (Å²) in [6.45, 7) is 0. The Bertz CT molecular complexity index is 180. The molecule has 1 aliphatic carbocycles. The van der Waals surface area contributed by atoms with Crippen LogP contribution in [-0.2, 0) is 4.74 Å². The van der Waals surface area contributed by atoms with Crippen molar-refractivity contribution in [2.75, 3.05) is 0 Å². The Labute approximate surface area is 57.2 Å². The molecule has 0 aromatic heterocycles. The van der Waals surface area contributed by atoms with Gasteiger partial charge in [-0.1, -0.05) is 0 Å². The minimum absolute atomic E-state index is 0.613. The lowest BCUT2D eigenvalue weighted by molar-refractivity contribution is 0.137. The Morgan fingerprint density at radius 3 is 2.44 bits per heavy atom. The zero-order valence-electron chi connectivity index (χ0n) is 4.56. The minimum Gasteiger partial charge on any atom is -0.432 e. The van der Waals surface area contributed by atoms with E-state index in [9.17, 15) is 4.79 Å². The van der Waals surface area contributed by atoms with Crippen LogP contribution in [0.15, 0.2) is 0 Å². The van der Waals surface area contributed by atoms with Gasteiger partial charge in [0.1, 0.15) is 6.07 Å². The fourth-order valence-corrected chi connectivity index (χ4v) is 0.652. The number of nitrogens with zero attached hydrogens (tertiary/aromatic N) is 1. The van der Waals surface area contributed by atoms with E-state index in [4.69, 9.17) is 16.9 Å². The largest absolute Gasteiger partial charge is 0.432 e. The van der Waals surface area contributed by atoms with E-state index in [-0.39, 0.29) is 0 Å². The number of ether oxygens (including phenoxy) is 1. The van der Waals surface area contributed by atoms with E-state index in [1.807, 2.05) is 6.07 Å². The molecule has 0 heterocycles. The van der Waals surface area contributed by atoms with Crippen molar-refractivity contribution >= 4 is 17.0 Å². The maximum absolute atomic E-state index is 10.1. The number of hydrogen-bond donors (Lipinski definition) is 0. The maximum Gasteiger partial charge on any atom is 0.405 e. The van der Waals surface area contributed by atoms with Crippen molar-refractivity contribution in [3.8, 4) is 6.07 Å². The Hall–Kier alpha value is -0.750. The standard InChI is InChI=1S/C5H4ClNO2/c6-4(8)9-5(3-7)1-2-5/h1-2H2. The predicted molar refractivity (Wildman–Crippen MR) is 29.9 cm³/mol. The van der Waals surface area contributed by atoms with Crippen molar-refractivity contribution < 1.29 is 9.53 Å². The molecule has 0 aromatic carbocycles. The minimum atomic E-state index is -0.894. The quantitative estimate of drug-likeness (QED) is 0.525. The summed E-state index contributed by atoms with van der Waals surface area (Å²) in [5, 5.41) is 8.32. The molecule has 1 rings (SSSR count). The molecule has 0 spiro atoms. The molecule has 0 aliphatic heterocycles. The molecule has 0 bridgehead atoms. The third-order valence-electron chi connectivity index (χ3n) is 1.18. The summed E-state index contributed by atoms with van der Waals surface area (Å²) in [4.78, 5) is 10.1. The summed E-state index contributed by atoms with van der Waals surface area (Å²) in [7, 11) is 0. The summed E-state index contributed by atoms with van der Waals surface area (Å²) < 4.78 is 4.46. The Balaban J connectivity index is 2.45. The van der Waals surface area contributed by atoms with Gasteiger partial charge in [-0.05, 0) is 0 Å². The Morgan fingerprint density at radius 1 is 1.78 bits per heavy atom. The van der Waals surface area contributed by atoms with E-state index in [1.165, 1.54) is 0 Å². The van der Waals surface area contributed by atoms with Gasteiger partial charge in [0.2, 0.25) is 0 Å². The molecule has 0 N–H and O–H groups in total. The first kappa shape index (κ1) is 6.37. The first-order valence-electron chi connectivity index (χ1n) is 2.48. The second-order valence-corrected chi connectivity index (χ2v) is 2.25. The third-order valence-corrected chi connectivity index (χ3v) is 1.26. The molecule has 9 heavy (non-hydrogen) atoms. The van der Waals surface area contributed by atoms with E-state index in [0.29, 0.717) is 12.8 Å². The monoisotopic (exact) mass is 145 g/mol. The molecule has 0 saturated heterocycles. The molecule has 1 aliphatic rings. The van der Waals surface area contributed by atoms with Crippen LogP contribution < -0.4 is 0 Å². The topological polar surface area (TPSA) is 50.1 Å². The van der Waals surface area contributed by atoms with E-state index in [2.05, 4.69) is 4.74 Å². The van der Waals surface area contributed by atoms with Crippen LogP contribution in [0.4, 0.5) is 4.79 Å². The van der Waals surface area contributed by atoms with Gasteiger partial charge in [-0.2, -0.15) is 5.26 Å². The molecule has 48 valence electrons. The van der Waals surface area contributed by atoms with Crippen molar-refractivity contribution in [3.63, 3.8) is 0 Å². The van der Waals surface area contributed by atoms with Crippen molar-refractivity contribution in [1.29, 1.82) is 5.26 Å². The highest BCUT2D eigenvalue weighted by Crippen LogP contribution is 2.39. The normalized spacial score (nSPS) is 20.0. The first-order valence-corrected chi connectivity index (χ1v) is 2.86. The lowest BCUT2D eigenvalue weighted by Crippen LogP contribution is -2.11. The fourth-order valence-electron chi connectivity index (χ4n) is 0.504. The van der Waals surface area contributed by atoms with Gasteiger partial charge in [0, 0.05) is 24.4 Å². The van der Waals surface area contributed by atoms with Crippen LogP contribution in [0.25, 0.3) is 0 Å². The first-order chi connectivity index (χ1) is 4.18. The van der Waals surface area contributed by atoms with Gasteiger partial charge in [-0.25, -0.2) is 4.79 Å². The molecule has 0 atom stereocenters. The van der Waals surface area contributed by atoms with Gasteiger partial charge in [0.05, 0.1) is 0 Å². The van der Waals surface area contributed by atoms with E-state index in [0.717, 1.165) is 0 Å². The highest BCUT2D eigenvalue weighted by atomic mass is 35.5. The van der Waals surface area contributed by atoms with Gasteiger partial charge in [0.15, 0.2) is 5.60 Å². The van der Waals surface area contributed by atoms with Gasteiger partial charge in [-0.3, -0.25) is 0 Å². The highest BCUT2D eigenvalue weighted by Gasteiger charge is 2.47. The molecule has 0 radical (unpaired) electrons. The summed E-state index contributed by atoms with van der Waals surface area (Å²) in [5.74, 6) is 0. The SMILES string of the molecule is N#CC1(OC(=O)Cl)CC1. The summed E-state index contributed by atoms with van der Waals surface area (Å²) >= 11 is 4.87. The molecule has 3 nitrogen and oxygen atoms in total. The van der Waals surface area contributed by atoms with Crippen molar-refractivity contribution in [2.24, 2.45) is 0 Å². The fraction of sp³-hybridized carbons (Fsp3) is 0.600. The second kappa shape index (κ2) is 1.89. The van der Waals surface area contributed by atoms with Crippen LogP contribution in [0.2, 0.25) is 0 Å². The number of carbonyl (C=O) groups is 1. The second-order valence-electron chi connectivity index (χ2n) is 1.95. The smallest absolute Gasteiger partial charge is 0.405 e. The Kier molecular flexibility index (Phi) is 1.34. The van der Waals surface area contributed by atoms with Gasteiger partial charge >= 0.3 is 5.43 Å². The van der Waals surface area contributed by atoms with Crippen LogP contribution in [0, 0.1) is 11.3 Å². The third kappa shape index (κ3) is 1.33. The van der Waals surface area contributed by atoms with Crippen LogP contribution in [0.3, 0.4) is 0 Å². The van der Waals surface area contributed by atoms with Gasteiger partial charge in [0.25, 0.3) is 0 Å². The lowest BCUT2D eigenvalue weighted by atomic mass is 10.4. The van der Waals surface area contributed by atoms with E-state index >= 15 is 0 Å². The number of nitriles is 1. The van der Waals surface area contributed by atoms with Gasteiger partial charge in [-0.15, -0.1) is 0 Å². The summed E-state index contributed by atoms with van der Waals surface area (Å²) in [6.07, 6.45) is 1.23. The van der Waals surface area contributed by atoms with E-state index < -0.39 is 11.0 Å². The average molecular weight is 146 g/mol. The number of halogens is 1. The Morgan fingerprint density at radius 2 is 2.33 bits per heavy atom. The van der Waals surface area contributed by atoms with E-state index in [1.54, 1.807) is 0 Å². The number of carbonyl (C=O) groups excluding carboxylic acids is 1. The molecule has 0 unspecified atom stereocenters. The van der Waals surface area contributed by atoms with Crippen molar-refractivity contribution in [3.05, 3.63) is 0 Å². The van der Waals surface area contributed by atoms with Gasteiger partial charge < -0.3 is 4.74 Å². The zero-order chi connectivity index (χ0) is 6.91. The van der Waals surface area contributed by atoms with Crippen molar-refractivity contribution in [1.82, 2.24) is 0 Å². The van der Waals surface area contributed by atoms with Crippen molar-refractivity contribution in [2.45, 2.75) is 18.4 Å². The molecule has 0 amide bonds. The molecule has 4 heteroatoms. The molecule has 0 aromatic rings. The van der Waals surface area contributed by atoms with Crippen LogP contribution in [0.5, 0.6) is 0 Å². The highest BCUT2D eigenvalue weighted by molar-refractivity contribution is 6.61. The molecule has 1 fully saturated rings. The molecular weight excluding hydrogens is 142 g/mol. The van der Waals surface area contributed by atoms with Crippen LogP contribution in [-0.4, -0.2) is 11.0 Å². The molecule has 1 saturated carbocycles.